The van der Waals surface area contributed by atoms with E-state index >= 15 is 0 Å². The molecule has 0 saturated carbocycles. The molecule has 34 heavy (non-hydrogen) atoms. The highest BCUT2D eigenvalue weighted by Crippen LogP contribution is 2.26. The molecule has 8 heteroatoms. The Morgan fingerprint density at radius 3 is 2.41 bits per heavy atom. The highest BCUT2D eigenvalue weighted by atomic mass is 32.2. The fourth-order valence-corrected chi connectivity index (χ4v) is 6.44. The van der Waals surface area contributed by atoms with Gasteiger partial charge in [-0.25, -0.2) is 8.42 Å². The van der Waals surface area contributed by atoms with Crippen LogP contribution in [0.4, 0.5) is 5.69 Å². The Labute approximate surface area is 203 Å². The van der Waals surface area contributed by atoms with Gasteiger partial charge < -0.3 is 10.1 Å². The molecule has 7 nitrogen and oxygen atoms in total. The summed E-state index contributed by atoms with van der Waals surface area (Å²) in [4.78, 5) is 15.5. The maximum atomic E-state index is 13.1. The molecule has 0 spiro atoms. The van der Waals surface area contributed by atoms with Gasteiger partial charge in [-0.05, 0) is 75.4 Å². The number of carbonyl (C=O) groups excluding carboxylic acids is 1. The van der Waals surface area contributed by atoms with Crippen LogP contribution < -0.4 is 5.32 Å². The van der Waals surface area contributed by atoms with E-state index in [1.54, 1.807) is 25.1 Å². The smallest absolute Gasteiger partial charge is 0.243 e. The molecule has 2 aromatic carbocycles. The van der Waals surface area contributed by atoms with Gasteiger partial charge in [-0.3, -0.25) is 9.69 Å². The minimum atomic E-state index is -3.63. The molecular weight excluding hydrogens is 450 g/mol. The number of anilines is 1. The maximum Gasteiger partial charge on any atom is 0.243 e. The zero-order chi connectivity index (χ0) is 24.1. The summed E-state index contributed by atoms with van der Waals surface area (Å²) >= 11 is 0. The van der Waals surface area contributed by atoms with Crippen LogP contribution in [-0.2, 0) is 26.0 Å². The van der Waals surface area contributed by atoms with Gasteiger partial charge in [0.2, 0.25) is 15.9 Å². The zero-order valence-electron chi connectivity index (χ0n) is 20.1. The Bertz CT molecular complexity index is 1080. The Balaban J connectivity index is 1.36. The summed E-state index contributed by atoms with van der Waals surface area (Å²) in [5, 5.41) is 2.94. The summed E-state index contributed by atoms with van der Waals surface area (Å²) in [6.07, 6.45) is 3.22. The highest BCUT2D eigenvalue weighted by molar-refractivity contribution is 7.89. The molecule has 2 saturated heterocycles. The van der Waals surface area contributed by atoms with E-state index in [0.717, 1.165) is 32.4 Å². The van der Waals surface area contributed by atoms with E-state index in [4.69, 9.17) is 4.74 Å². The van der Waals surface area contributed by atoms with Crippen molar-refractivity contribution in [1.29, 1.82) is 0 Å². The second kappa shape index (κ2) is 11.0. The van der Waals surface area contributed by atoms with Crippen molar-refractivity contribution < 1.29 is 17.9 Å². The van der Waals surface area contributed by atoms with E-state index in [1.807, 2.05) is 13.0 Å². The molecule has 1 atom stereocenters. The van der Waals surface area contributed by atoms with Crippen LogP contribution in [0.5, 0.6) is 0 Å². The first-order valence-electron chi connectivity index (χ1n) is 12.1. The lowest BCUT2D eigenvalue weighted by molar-refractivity contribution is -0.121. The predicted molar refractivity (Wildman–Crippen MR) is 133 cm³/mol. The topological polar surface area (TPSA) is 79.0 Å². The van der Waals surface area contributed by atoms with Crippen LogP contribution in [0.1, 0.15) is 30.9 Å². The van der Waals surface area contributed by atoms with Crippen LogP contribution >= 0.6 is 0 Å². The largest absolute Gasteiger partial charge is 0.379 e. The van der Waals surface area contributed by atoms with E-state index in [9.17, 15) is 13.2 Å². The molecule has 2 fully saturated rings. The van der Waals surface area contributed by atoms with Crippen molar-refractivity contribution in [2.75, 3.05) is 44.7 Å². The van der Waals surface area contributed by atoms with Gasteiger partial charge >= 0.3 is 0 Å². The Kier molecular flexibility index (Phi) is 8.03. The fraction of sp³-hybridized carbons (Fsp3) is 0.500. The molecule has 1 amide bonds. The van der Waals surface area contributed by atoms with E-state index in [1.165, 1.54) is 9.87 Å². The highest BCUT2D eigenvalue weighted by Gasteiger charge is 2.29. The maximum absolute atomic E-state index is 13.1. The third-order valence-corrected chi connectivity index (χ3v) is 9.03. The minimum Gasteiger partial charge on any atom is -0.379 e. The second-order valence-electron chi connectivity index (χ2n) is 9.33. The molecule has 0 unspecified atom stereocenters. The number of morpholine rings is 1. The van der Waals surface area contributed by atoms with Crippen molar-refractivity contribution in [2.45, 2.75) is 44.0 Å². The van der Waals surface area contributed by atoms with Gasteiger partial charge in [-0.15, -0.1) is 0 Å². The van der Waals surface area contributed by atoms with Gasteiger partial charge in [0.05, 0.1) is 24.2 Å². The van der Waals surface area contributed by atoms with Gasteiger partial charge in [0.25, 0.3) is 0 Å². The van der Waals surface area contributed by atoms with Gasteiger partial charge in [0.15, 0.2) is 0 Å². The summed E-state index contributed by atoms with van der Waals surface area (Å²) in [5.74, 6) is 0.527. The van der Waals surface area contributed by atoms with Crippen LogP contribution in [0.25, 0.3) is 0 Å². The Morgan fingerprint density at radius 2 is 1.74 bits per heavy atom. The number of benzene rings is 2. The van der Waals surface area contributed by atoms with Crippen molar-refractivity contribution in [3.8, 4) is 0 Å². The molecular formula is C26H35N3O4S. The normalized spacial score (nSPS) is 19.6. The number of likely N-dealkylation sites (tertiary alicyclic amines) is 1. The number of hydrogen-bond acceptors (Lipinski definition) is 5. The molecule has 184 valence electrons. The molecule has 2 heterocycles. The monoisotopic (exact) mass is 485 g/mol. The number of amides is 1. The zero-order valence-corrected chi connectivity index (χ0v) is 20.9. The molecule has 0 bridgehead atoms. The number of ether oxygens (including phenoxy) is 1. The number of hydrogen-bond donors (Lipinski definition) is 1. The third-order valence-electron chi connectivity index (χ3n) is 6.99. The minimum absolute atomic E-state index is 0.111. The molecule has 2 aliphatic rings. The average Bonchev–Trinajstić information content (AvgIpc) is 2.86. The first kappa shape index (κ1) is 24.9. The Morgan fingerprint density at radius 1 is 1.06 bits per heavy atom. The first-order chi connectivity index (χ1) is 16.3. The van der Waals surface area contributed by atoms with E-state index in [0.29, 0.717) is 43.5 Å². The molecule has 2 aliphatic heterocycles. The number of piperidine rings is 1. The molecule has 1 N–H and O–H groups in total. The summed E-state index contributed by atoms with van der Waals surface area (Å²) in [7, 11) is -3.63. The quantitative estimate of drug-likeness (QED) is 0.651. The summed E-state index contributed by atoms with van der Waals surface area (Å²) in [6, 6.07) is 15.4. The van der Waals surface area contributed by atoms with Crippen molar-refractivity contribution in [3.63, 3.8) is 0 Å². The molecule has 2 aromatic rings. The molecule has 0 radical (unpaired) electrons. The van der Waals surface area contributed by atoms with Crippen LogP contribution in [0, 0.1) is 12.8 Å². The first-order valence-corrected chi connectivity index (χ1v) is 13.6. The van der Waals surface area contributed by atoms with Gasteiger partial charge in [-0.2, -0.15) is 4.31 Å². The van der Waals surface area contributed by atoms with E-state index in [-0.39, 0.29) is 16.8 Å². The van der Waals surface area contributed by atoms with E-state index in [2.05, 4.69) is 34.5 Å². The van der Waals surface area contributed by atoms with Crippen LogP contribution in [0.15, 0.2) is 53.4 Å². The van der Waals surface area contributed by atoms with Crippen molar-refractivity contribution >= 4 is 21.6 Å². The SMILES string of the molecule is Cc1ccc(NC(=O)[C@H](C)N2CCC(Cc3ccccc3)CC2)cc1S(=O)(=O)N1CCOCC1. The van der Waals surface area contributed by atoms with Crippen LogP contribution in [-0.4, -0.2) is 69.0 Å². The second-order valence-corrected chi connectivity index (χ2v) is 11.2. The molecule has 0 aliphatic carbocycles. The number of aryl methyl sites for hydroxylation is 1. The lowest BCUT2D eigenvalue weighted by Gasteiger charge is -2.35. The Hall–Kier alpha value is -2.26. The fourth-order valence-electron chi connectivity index (χ4n) is 4.79. The van der Waals surface area contributed by atoms with Gasteiger partial charge in [0.1, 0.15) is 0 Å². The lowest BCUT2D eigenvalue weighted by Crippen LogP contribution is -2.46. The van der Waals surface area contributed by atoms with Crippen molar-refractivity contribution in [2.24, 2.45) is 5.92 Å². The third kappa shape index (κ3) is 5.86. The summed E-state index contributed by atoms with van der Waals surface area (Å²) in [5.41, 5.74) is 2.54. The summed E-state index contributed by atoms with van der Waals surface area (Å²) < 4.78 is 33.0. The molecule has 4 rings (SSSR count). The van der Waals surface area contributed by atoms with Crippen LogP contribution in [0.3, 0.4) is 0 Å². The number of rotatable bonds is 7. The van der Waals surface area contributed by atoms with Crippen LogP contribution in [0.2, 0.25) is 0 Å². The number of carbonyl (C=O) groups is 1. The van der Waals surface area contributed by atoms with E-state index < -0.39 is 10.0 Å². The standard InChI is InChI=1S/C26H35N3O4S/c1-20-8-9-24(19-25(20)34(31,32)29-14-16-33-17-15-29)27-26(30)21(2)28-12-10-23(11-13-28)18-22-6-4-3-5-7-22/h3-9,19,21,23H,10-18H2,1-2H3,(H,27,30)/t21-/m0/s1. The van der Waals surface area contributed by atoms with Gasteiger partial charge in [-0.1, -0.05) is 36.4 Å². The lowest BCUT2D eigenvalue weighted by atomic mass is 9.89. The summed E-state index contributed by atoms with van der Waals surface area (Å²) in [6.45, 7) is 6.95. The number of nitrogens with one attached hydrogen (secondary N) is 1. The number of sulfonamides is 1. The van der Waals surface area contributed by atoms with Crippen molar-refractivity contribution in [3.05, 3.63) is 59.7 Å². The number of nitrogens with zero attached hydrogens (tertiary/aromatic N) is 2. The molecule has 0 aromatic heterocycles. The van der Waals surface area contributed by atoms with Crippen molar-refractivity contribution in [1.82, 2.24) is 9.21 Å². The average molecular weight is 486 g/mol. The predicted octanol–water partition coefficient (Wildman–Crippen LogP) is 3.30. The van der Waals surface area contributed by atoms with Gasteiger partial charge in [0, 0.05) is 18.8 Å².